The van der Waals surface area contributed by atoms with Gasteiger partial charge in [-0.05, 0) is 25.0 Å². The molecule has 1 heterocycles. The van der Waals surface area contributed by atoms with Crippen molar-refractivity contribution in [1.82, 2.24) is 10.2 Å². The van der Waals surface area contributed by atoms with Crippen molar-refractivity contribution in [2.75, 3.05) is 7.05 Å². The van der Waals surface area contributed by atoms with Crippen LogP contribution in [0.5, 0.6) is 0 Å². The first-order chi connectivity index (χ1) is 9.72. The lowest BCUT2D eigenvalue weighted by atomic mass is 10.2. The molecule has 0 atom stereocenters. The van der Waals surface area contributed by atoms with Crippen LogP contribution in [-0.2, 0) is 6.54 Å². The molecule has 1 saturated carbocycles. The van der Waals surface area contributed by atoms with Gasteiger partial charge in [-0.15, -0.1) is 0 Å². The van der Waals surface area contributed by atoms with Crippen molar-refractivity contribution in [2.24, 2.45) is 0 Å². The molecule has 1 aliphatic rings. The predicted molar refractivity (Wildman–Crippen MR) is 78.5 cm³/mol. The number of hydrogen-bond donors (Lipinski definition) is 1. The smallest absolute Gasteiger partial charge is 0.317 e. The van der Waals surface area contributed by atoms with Crippen LogP contribution in [0.25, 0.3) is 11.0 Å². The van der Waals surface area contributed by atoms with E-state index in [4.69, 9.17) is 4.42 Å². The highest BCUT2D eigenvalue weighted by molar-refractivity contribution is 5.78. The van der Waals surface area contributed by atoms with Crippen LogP contribution in [0.2, 0.25) is 0 Å². The van der Waals surface area contributed by atoms with E-state index in [1.807, 2.05) is 30.3 Å². The normalized spacial score (nSPS) is 15.7. The van der Waals surface area contributed by atoms with Gasteiger partial charge in [0.25, 0.3) is 0 Å². The summed E-state index contributed by atoms with van der Waals surface area (Å²) in [7, 11) is 1.80. The van der Waals surface area contributed by atoms with Crippen molar-refractivity contribution in [2.45, 2.75) is 38.3 Å². The SMILES string of the molecule is CN(Cc1cc2ccccc2o1)C(=O)NC1CCCC1. The fourth-order valence-corrected chi connectivity index (χ4v) is 2.78. The molecule has 1 aromatic heterocycles. The van der Waals surface area contributed by atoms with Gasteiger partial charge in [0.1, 0.15) is 11.3 Å². The van der Waals surface area contributed by atoms with Crippen molar-refractivity contribution < 1.29 is 9.21 Å². The van der Waals surface area contributed by atoms with Gasteiger partial charge in [0.2, 0.25) is 0 Å². The van der Waals surface area contributed by atoms with E-state index in [1.54, 1.807) is 11.9 Å². The second kappa shape index (κ2) is 5.57. The lowest BCUT2D eigenvalue weighted by Gasteiger charge is -2.19. The minimum Gasteiger partial charge on any atom is -0.459 e. The van der Waals surface area contributed by atoms with E-state index in [0.717, 1.165) is 29.6 Å². The Labute approximate surface area is 118 Å². The Hall–Kier alpha value is -1.97. The van der Waals surface area contributed by atoms with Gasteiger partial charge in [-0.3, -0.25) is 0 Å². The Morgan fingerprint density at radius 2 is 2.10 bits per heavy atom. The molecule has 0 radical (unpaired) electrons. The molecule has 0 saturated heterocycles. The zero-order chi connectivity index (χ0) is 13.9. The average molecular weight is 272 g/mol. The molecule has 20 heavy (non-hydrogen) atoms. The number of rotatable bonds is 3. The highest BCUT2D eigenvalue weighted by Gasteiger charge is 2.19. The number of carbonyl (C=O) groups excluding carboxylic acids is 1. The fraction of sp³-hybridized carbons (Fsp3) is 0.438. The molecule has 1 aromatic carbocycles. The highest BCUT2D eigenvalue weighted by atomic mass is 16.3. The number of amides is 2. The minimum absolute atomic E-state index is 0.0163. The van der Waals surface area contributed by atoms with Gasteiger partial charge in [-0.2, -0.15) is 0 Å². The number of furan rings is 1. The monoisotopic (exact) mass is 272 g/mol. The van der Waals surface area contributed by atoms with Gasteiger partial charge in [-0.25, -0.2) is 4.79 Å². The second-order valence-electron chi connectivity index (χ2n) is 5.54. The van der Waals surface area contributed by atoms with Crippen molar-refractivity contribution in [3.8, 4) is 0 Å². The van der Waals surface area contributed by atoms with Gasteiger partial charge in [0.05, 0.1) is 6.54 Å². The summed E-state index contributed by atoms with van der Waals surface area (Å²) in [5.41, 5.74) is 0.868. The summed E-state index contributed by atoms with van der Waals surface area (Å²) in [6, 6.07) is 10.2. The molecule has 106 valence electrons. The summed E-state index contributed by atoms with van der Waals surface area (Å²) in [6.07, 6.45) is 4.64. The number of para-hydroxylation sites is 1. The fourth-order valence-electron chi connectivity index (χ4n) is 2.78. The lowest BCUT2D eigenvalue weighted by Crippen LogP contribution is -2.41. The third kappa shape index (κ3) is 2.79. The van der Waals surface area contributed by atoms with Crippen LogP contribution >= 0.6 is 0 Å². The van der Waals surface area contributed by atoms with Crippen LogP contribution in [0.4, 0.5) is 4.79 Å². The average Bonchev–Trinajstić information content (AvgIpc) is 3.06. The van der Waals surface area contributed by atoms with Crippen molar-refractivity contribution in [1.29, 1.82) is 0 Å². The lowest BCUT2D eigenvalue weighted by molar-refractivity contribution is 0.199. The first-order valence-corrected chi connectivity index (χ1v) is 7.21. The Morgan fingerprint density at radius 1 is 1.35 bits per heavy atom. The Morgan fingerprint density at radius 3 is 2.85 bits per heavy atom. The zero-order valence-corrected chi connectivity index (χ0v) is 11.8. The molecule has 4 heteroatoms. The third-order valence-corrected chi connectivity index (χ3v) is 3.90. The molecule has 0 unspecified atom stereocenters. The largest absolute Gasteiger partial charge is 0.459 e. The van der Waals surface area contributed by atoms with Crippen LogP contribution < -0.4 is 5.32 Å². The summed E-state index contributed by atoms with van der Waals surface area (Å²) in [5, 5.41) is 4.15. The van der Waals surface area contributed by atoms with Crippen molar-refractivity contribution in [3.05, 3.63) is 36.1 Å². The number of hydrogen-bond acceptors (Lipinski definition) is 2. The molecule has 3 rings (SSSR count). The molecular weight excluding hydrogens is 252 g/mol. The number of nitrogens with one attached hydrogen (secondary N) is 1. The van der Waals surface area contributed by atoms with Gasteiger partial charge in [0, 0.05) is 18.5 Å². The molecule has 2 aromatic rings. The molecule has 2 amide bonds. The molecule has 0 spiro atoms. The summed E-state index contributed by atoms with van der Waals surface area (Å²) in [4.78, 5) is 13.8. The van der Waals surface area contributed by atoms with Crippen LogP contribution in [0, 0.1) is 0 Å². The number of fused-ring (bicyclic) bond motifs is 1. The molecule has 0 aliphatic heterocycles. The van der Waals surface area contributed by atoms with Crippen LogP contribution in [0.1, 0.15) is 31.4 Å². The van der Waals surface area contributed by atoms with E-state index in [1.165, 1.54) is 12.8 Å². The number of urea groups is 1. The summed E-state index contributed by atoms with van der Waals surface area (Å²) in [5.74, 6) is 0.815. The Kier molecular flexibility index (Phi) is 3.63. The first-order valence-electron chi connectivity index (χ1n) is 7.21. The first kappa shape index (κ1) is 13.0. The molecule has 1 aliphatic carbocycles. The van der Waals surface area contributed by atoms with Crippen LogP contribution in [0.3, 0.4) is 0 Å². The summed E-state index contributed by atoms with van der Waals surface area (Å²) < 4.78 is 5.74. The number of nitrogens with zero attached hydrogens (tertiary/aromatic N) is 1. The summed E-state index contributed by atoms with van der Waals surface area (Å²) in [6.45, 7) is 0.493. The second-order valence-corrected chi connectivity index (χ2v) is 5.54. The van der Waals surface area contributed by atoms with E-state index in [0.29, 0.717) is 12.6 Å². The van der Waals surface area contributed by atoms with E-state index < -0.39 is 0 Å². The quantitative estimate of drug-likeness (QED) is 0.929. The van der Waals surface area contributed by atoms with Crippen molar-refractivity contribution >= 4 is 17.0 Å². The molecule has 1 N–H and O–H groups in total. The maximum atomic E-state index is 12.1. The standard InChI is InChI=1S/C16H20N2O2/c1-18(16(19)17-13-7-3-4-8-13)11-14-10-12-6-2-5-9-15(12)20-14/h2,5-6,9-10,13H,3-4,7-8,11H2,1H3,(H,17,19). The van der Waals surface area contributed by atoms with E-state index in [-0.39, 0.29) is 6.03 Å². The Balaban J connectivity index is 1.62. The zero-order valence-electron chi connectivity index (χ0n) is 11.8. The highest BCUT2D eigenvalue weighted by Crippen LogP contribution is 2.20. The Bertz CT molecular complexity index is 566. The third-order valence-electron chi connectivity index (χ3n) is 3.90. The van der Waals surface area contributed by atoms with Crippen LogP contribution in [-0.4, -0.2) is 24.0 Å². The molecule has 1 fully saturated rings. The van der Waals surface area contributed by atoms with Crippen molar-refractivity contribution in [3.63, 3.8) is 0 Å². The van der Waals surface area contributed by atoms with Gasteiger partial charge >= 0.3 is 6.03 Å². The maximum Gasteiger partial charge on any atom is 0.317 e. The van der Waals surface area contributed by atoms with Gasteiger partial charge < -0.3 is 14.6 Å². The van der Waals surface area contributed by atoms with E-state index in [2.05, 4.69) is 5.32 Å². The molecule has 0 bridgehead atoms. The predicted octanol–water partition coefficient (Wildman–Crippen LogP) is 3.52. The van der Waals surface area contributed by atoms with Gasteiger partial charge in [0.15, 0.2) is 0 Å². The van der Waals surface area contributed by atoms with E-state index >= 15 is 0 Å². The number of carbonyl (C=O) groups is 1. The minimum atomic E-state index is -0.0163. The topological polar surface area (TPSA) is 45.5 Å². The van der Waals surface area contributed by atoms with Crippen LogP contribution in [0.15, 0.2) is 34.7 Å². The van der Waals surface area contributed by atoms with E-state index in [9.17, 15) is 4.79 Å². The molecule has 4 nitrogen and oxygen atoms in total. The maximum absolute atomic E-state index is 12.1. The molecular formula is C16H20N2O2. The summed E-state index contributed by atoms with van der Waals surface area (Å²) >= 11 is 0. The van der Waals surface area contributed by atoms with Gasteiger partial charge in [-0.1, -0.05) is 31.0 Å². The number of benzene rings is 1.